The third kappa shape index (κ3) is 4.59. The summed E-state index contributed by atoms with van der Waals surface area (Å²) in [6.45, 7) is 6.17. The zero-order valence-electron chi connectivity index (χ0n) is 20.1. The van der Waals surface area contributed by atoms with Crippen LogP contribution < -0.4 is 15.0 Å². The third-order valence-electron chi connectivity index (χ3n) is 6.48. The first kappa shape index (κ1) is 24.3. The van der Waals surface area contributed by atoms with Gasteiger partial charge in [-0.25, -0.2) is 0 Å². The molecule has 8 heteroatoms. The van der Waals surface area contributed by atoms with Crippen molar-refractivity contribution in [2.75, 3.05) is 24.6 Å². The summed E-state index contributed by atoms with van der Waals surface area (Å²) in [7, 11) is 0. The number of pyridine rings is 2. The number of rotatable bonds is 6. The van der Waals surface area contributed by atoms with Crippen molar-refractivity contribution < 1.29 is 9.53 Å². The van der Waals surface area contributed by atoms with Crippen molar-refractivity contribution in [3.63, 3.8) is 0 Å². The van der Waals surface area contributed by atoms with Gasteiger partial charge in [0.25, 0.3) is 5.91 Å². The summed E-state index contributed by atoms with van der Waals surface area (Å²) in [5.74, 6) is 0.641. The van der Waals surface area contributed by atoms with Gasteiger partial charge in [-0.15, -0.1) is 0 Å². The average Bonchev–Trinajstić information content (AvgIpc) is 2.88. The van der Waals surface area contributed by atoms with Crippen molar-refractivity contribution in [1.29, 1.82) is 0 Å². The monoisotopic (exact) mass is 520 g/mol. The van der Waals surface area contributed by atoms with Crippen LogP contribution in [0.15, 0.2) is 60.9 Å². The number of benzene rings is 2. The second-order valence-electron chi connectivity index (χ2n) is 8.61. The van der Waals surface area contributed by atoms with Crippen molar-refractivity contribution in [3.8, 4) is 17.0 Å². The first-order chi connectivity index (χ1) is 17.5. The topological polar surface area (TPSA) is 67.4 Å². The van der Waals surface area contributed by atoms with E-state index >= 15 is 0 Å². The molecule has 6 nitrogen and oxygen atoms in total. The molecule has 0 saturated heterocycles. The Morgan fingerprint density at radius 1 is 1.08 bits per heavy atom. The number of hydrogen-bond acceptors (Lipinski definition) is 5. The molecule has 2 aromatic heterocycles. The average molecular weight is 521 g/mol. The van der Waals surface area contributed by atoms with Gasteiger partial charge in [0.05, 0.1) is 35.1 Å². The second kappa shape index (κ2) is 10.3. The number of para-hydroxylation sites is 1. The van der Waals surface area contributed by atoms with E-state index in [9.17, 15) is 4.79 Å². The van der Waals surface area contributed by atoms with Gasteiger partial charge in [0.15, 0.2) is 0 Å². The number of carbonyl (C=O) groups is 1. The molecule has 184 valence electrons. The minimum absolute atomic E-state index is 0.135. The van der Waals surface area contributed by atoms with Gasteiger partial charge in [-0.2, -0.15) is 0 Å². The van der Waals surface area contributed by atoms with E-state index in [2.05, 4.69) is 29.0 Å². The van der Waals surface area contributed by atoms with Crippen LogP contribution in [0.4, 0.5) is 5.69 Å². The van der Waals surface area contributed by atoms with E-state index in [0.29, 0.717) is 39.8 Å². The number of nitrogens with zero attached hydrogens (tertiary/aromatic N) is 3. The molecule has 1 N–H and O–H groups in total. The summed E-state index contributed by atoms with van der Waals surface area (Å²) < 4.78 is 5.77. The van der Waals surface area contributed by atoms with E-state index < -0.39 is 0 Å². The van der Waals surface area contributed by atoms with Crippen LogP contribution in [0.25, 0.3) is 22.2 Å². The first-order valence-electron chi connectivity index (χ1n) is 12.0. The number of hydrogen-bond donors (Lipinski definition) is 1. The van der Waals surface area contributed by atoms with Gasteiger partial charge in [-0.3, -0.25) is 14.8 Å². The standard InChI is InChI=1S/C28H26Cl2N4O2/c1-3-34(4-2)27-21-9-11-31-25(17-13-18(29)15-19(30)14-17)26(21)32-16-22(27)28(35)33-23-10-12-36-24-8-6-5-7-20(23)24/h5-9,11,13-16,23H,3-4,10,12H2,1-2H3,(H,33,35)/t23-/m0/s1. The van der Waals surface area contributed by atoms with Gasteiger partial charge >= 0.3 is 0 Å². The Bertz CT molecular complexity index is 1420. The minimum Gasteiger partial charge on any atom is -0.493 e. The lowest BCUT2D eigenvalue weighted by molar-refractivity contribution is 0.0925. The number of carbonyl (C=O) groups excluding carboxylic acids is 1. The van der Waals surface area contributed by atoms with Crippen LogP contribution in [0, 0.1) is 0 Å². The highest BCUT2D eigenvalue weighted by Gasteiger charge is 2.26. The Kier molecular flexibility index (Phi) is 6.99. The maximum Gasteiger partial charge on any atom is 0.255 e. The third-order valence-corrected chi connectivity index (χ3v) is 6.92. The zero-order valence-corrected chi connectivity index (χ0v) is 21.6. The molecule has 1 amide bonds. The van der Waals surface area contributed by atoms with Gasteiger partial charge in [0.2, 0.25) is 0 Å². The maximum atomic E-state index is 13.7. The second-order valence-corrected chi connectivity index (χ2v) is 9.48. The summed E-state index contributed by atoms with van der Waals surface area (Å²) in [5.41, 5.74) is 4.46. The molecule has 0 bridgehead atoms. The smallest absolute Gasteiger partial charge is 0.255 e. The summed E-state index contributed by atoms with van der Waals surface area (Å²) in [5, 5.41) is 5.11. The van der Waals surface area contributed by atoms with E-state index in [-0.39, 0.29) is 11.9 Å². The first-order valence-corrected chi connectivity index (χ1v) is 12.8. The van der Waals surface area contributed by atoms with Crippen LogP contribution >= 0.6 is 23.2 Å². The molecule has 0 radical (unpaired) electrons. The normalized spacial score (nSPS) is 14.7. The predicted octanol–water partition coefficient (Wildman–Crippen LogP) is 6.70. The van der Waals surface area contributed by atoms with Gasteiger partial charge in [0, 0.05) is 58.5 Å². The summed E-state index contributed by atoms with van der Waals surface area (Å²) in [4.78, 5) is 25.2. The van der Waals surface area contributed by atoms with Gasteiger partial charge in [-0.05, 0) is 44.2 Å². The fraction of sp³-hybridized carbons (Fsp3) is 0.250. The molecular formula is C28H26Cl2N4O2. The molecule has 0 aliphatic carbocycles. The highest BCUT2D eigenvalue weighted by molar-refractivity contribution is 6.35. The van der Waals surface area contributed by atoms with Crippen molar-refractivity contribution in [1.82, 2.24) is 15.3 Å². The van der Waals surface area contributed by atoms with Crippen LogP contribution in [0.3, 0.4) is 0 Å². The summed E-state index contributed by atoms with van der Waals surface area (Å²) >= 11 is 12.5. The van der Waals surface area contributed by atoms with E-state index in [0.717, 1.165) is 41.0 Å². The Labute approximate surface area is 220 Å². The van der Waals surface area contributed by atoms with Crippen LogP contribution in [-0.4, -0.2) is 35.6 Å². The molecule has 0 unspecified atom stereocenters. The molecule has 4 aromatic rings. The molecule has 2 aromatic carbocycles. The highest BCUT2D eigenvalue weighted by Crippen LogP contribution is 2.37. The lowest BCUT2D eigenvalue weighted by Gasteiger charge is -2.29. The molecule has 0 fully saturated rings. The SMILES string of the molecule is CCN(CC)c1c(C(=O)N[C@H]2CCOc3ccccc32)cnc2c(-c3cc(Cl)cc(Cl)c3)nccc12. The number of ether oxygens (including phenoxy) is 1. The number of fused-ring (bicyclic) bond motifs is 2. The largest absolute Gasteiger partial charge is 0.493 e. The summed E-state index contributed by atoms with van der Waals surface area (Å²) in [6, 6.07) is 14.9. The van der Waals surface area contributed by atoms with Crippen molar-refractivity contribution in [3.05, 3.63) is 82.1 Å². The minimum atomic E-state index is -0.169. The van der Waals surface area contributed by atoms with Crippen LogP contribution in [-0.2, 0) is 0 Å². The predicted molar refractivity (Wildman–Crippen MR) is 145 cm³/mol. The maximum absolute atomic E-state index is 13.7. The molecule has 36 heavy (non-hydrogen) atoms. The zero-order chi connectivity index (χ0) is 25.2. The quantitative estimate of drug-likeness (QED) is 0.306. The molecule has 1 aliphatic heterocycles. The number of aromatic nitrogens is 2. The Morgan fingerprint density at radius 2 is 1.83 bits per heavy atom. The van der Waals surface area contributed by atoms with Crippen LogP contribution in [0.1, 0.15) is 42.2 Å². The molecule has 3 heterocycles. The summed E-state index contributed by atoms with van der Waals surface area (Å²) in [6.07, 6.45) is 4.08. The van der Waals surface area contributed by atoms with Gasteiger partial charge in [-0.1, -0.05) is 41.4 Å². The molecular weight excluding hydrogens is 495 g/mol. The number of amides is 1. The molecule has 0 saturated carbocycles. The van der Waals surface area contributed by atoms with Crippen molar-refractivity contribution >= 4 is 45.7 Å². The number of anilines is 1. The van der Waals surface area contributed by atoms with E-state index in [1.165, 1.54) is 0 Å². The van der Waals surface area contributed by atoms with Crippen molar-refractivity contribution in [2.45, 2.75) is 26.3 Å². The Morgan fingerprint density at radius 3 is 2.58 bits per heavy atom. The van der Waals surface area contributed by atoms with E-state index in [1.807, 2.05) is 42.5 Å². The molecule has 1 aliphatic rings. The van der Waals surface area contributed by atoms with Gasteiger partial charge in [0.1, 0.15) is 5.75 Å². The fourth-order valence-corrected chi connectivity index (χ4v) is 5.31. The lowest BCUT2D eigenvalue weighted by atomic mass is 9.99. The molecule has 0 spiro atoms. The molecule has 5 rings (SSSR count). The van der Waals surface area contributed by atoms with Crippen molar-refractivity contribution in [2.24, 2.45) is 0 Å². The van der Waals surface area contributed by atoms with Crippen LogP contribution in [0.2, 0.25) is 10.0 Å². The number of halogens is 2. The Hall–Kier alpha value is -3.35. The van der Waals surface area contributed by atoms with Gasteiger partial charge < -0.3 is 15.0 Å². The number of nitrogens with one attached hydrogen (secondary N) is 1. The fourth-order valence-electron chi connectivity index (χ4n) is 4.79. The lowest BCUT2D eigenvalue weighted by Crippen LogP contribution is -2.34. The van der Waals surface area contributed by atoms with E-state index in [4.69, 9.17) is 32.9 Å². The Balaban J connectivity index is 1.61. The van der Waals surface area contributed by atoms with E-state index in [1.54, 1.807) is 18.5 Å². The highest BCUT2D eigenvalue weighted by atomic mass is 35.5. The molecule has 1 atom stereocenters. The van der Waals surface area contributed by atoms with Crippen LogP contribution in [0.5, 0.6) is 5.75 Å².